The molecule has 2 aliphatic rings. The zero-order valence-corrected chi connectivity index (χ0v) is 17.6. The summed E-state index contributed by atoms with van der Waals surface area (Å²) in [4.78, 5) is 16.7. The molecule has 0 saturated carbocycles. The third-order valence-corrected chi connectivity index (χ3v) is 5.47. The first-order chi connectivity index (χ1) is 12.1. The third-order valence-electron chi connectivity index (χ3n) is 5.47. The zero-order valence-electron chi connectivity index (χ0n) is 15.9. The number of nitrogens with zero attached hydrogens (tertiary/aromatic N) is 2. The maximum Gasteiger partial charge on any atom is 0.222 e. The largest absolute Gasteiger partial charge is 0.496 e. The Hall–Kier alpha value is -1.08. The maximum atomic E-state index is 13.6. The molecule has 0 aliphatic carbocycles. The average molecular weight is 422 g/mol. The minimum Gasteiger partial charge on any atom is -0.496 e. The standard InChI is InChI=1S/C19H28FN3O2.2ClH/c1-21-8-10-23-17-7-9-22(12-14(17)3-6-19(23)24)13-15-11-16(20)4-5-18(15)25-2;;/h4-5,11,14,17,21H,3,6-10,12-13H2,1-2H3;2*1H/t14-,17+;;/m0../s1. The van der Waals surface area contributed by atoms with E-state index < -0.39 is 0 Å². The van der Waals surface area contributed by atoms with Gasteiger partial charge in [0.25, 0.3) is 0 Å². The molecule has 2 heterocycles. The smallest absolute Gasteiger partial charge is 0.222 e. The lowest BCUT2D eigenvalue weighted by molar-refractivity contribution is -0.141. The van der Waals surface area contributed by atoms with E-state index in [0.717, 1.165) is 50.3 Å². The molecule has 27 heavy (non-hydrogen) atoms. The Labute approximate surface area is 173 Å². The Balaban J connectivity index is 0.00000182. The highest BCUT2D eigenvalue weighted by molar-refractivity contribution is 5.85. The average Bonchev–Trinajstić information content (AvgIpc) is 2.61. The molecule has 1 amide bonds. The van der Waals surface area contributed by atoms with Crippen LogP contribution < -0.4 is 10.1 Å². The minimum atomic E-state index is -0.229. The van der Waals surface area contributed by atoms with Crippen molar-refractivity contribution in [2.24, 2.45) is 5.92 Å². The number of rotatable bonds is 6. The number of likely N-dealkylation sites (tertiary alicyclic amines) is 2. The van der Waals surface area contributed by atoms with Crippen molar-refractivity contribution in [2.75, 3.05) is 40.3 Å². The summed E-state index contributed by atoms with van der Waals surface area (Å²) in [5, 5.41) is 3.14. The van der Waals surface area contributed by atoms with Gasteiger partial charge in [-0.3, -0.25) is 9.69 Å². The Kier molecular flexibility index (Phi) is 9.81. The molecular weight excluding hydrogens is 392 g/mol. The number of amides is 1. The second-order valence-electron chi connectivity index (χ2n) is 7.04. The van der Waals surface area contributed by atoms with Crippen LogP contribution in [0.25, 0.3) is 0 Å². The van der Waals surface area contributed by atoms with E-state index >= 15 is 0 Å². The van der Waals surface area contributed by atoms with Gasteiger partial charge >= 0.3 is 0 Å². The van der Waals surface area contributed by atoms with Gasteiger partial charge in [0.2, 0.25) is 5.91 Å². The van der Waals surface area contributed by atoms with E-state index in [1.54, 1.807) is 19.2 Å². The van der Waals surface area contributed by atoms with Crippen molar-refractivity contribution in [3.8, 4) is 5.75 Å². The van der Waals surface area contributed by atoms with Crippen LogP contribution in [0.5, 0.6) is 5.75 Å². The van der Waals surface area contributed by atoms with Gasteiger partial charge in [-0.25, -0.2) is 4.39 Å². The van der Waals surface area contributed by atoms with Crippen LogP contribution in [0.2, 0.25) is 0 Å². The Bertz CT molecular complexity index is 621. The first-order valence-electron chi connectivity index (χ1n) is 9.11. The van der Waals surface area contributed by atoms with E-state index in [2.05, 4.69) is 15.1 Å². The fourth-order valence-electron chi connectivity index (χ4n) is 4.20. The minimum absolute atomic E-state index is 0. The molecule has 0 aromatic heterocycles. The summed E-state index contributed by atoms with van der Waals surface area (Å²) in [6.07, 6.45) is 2.58. The number of methoxy groups -OCH3 is 1. The Morgan fingerprint density at radius 1 is 1.30 bits per heavy atom. The van der Waals surface area contributed by atoms with E-state index in [4.69, 9.17) is 4.74 Å². The summed E-state index contributed by atoms with van der Waals surface area (Å²) in [7, 11) is 3.54. The van der Waals surface area contributed by atoms with Crippen molar-refractivity contribution in [1.29, 1.82) is 0 Å². The van der Waals surface area contributed by atoms with Gasteiger partial charge < -0.3 is 15.0 Å². The van der Waals surface area contributed by atoms with Crippen molar-refractivity contribution in [3.05, 3.63) is 29.6 Å². The van der Waals surface area contributed by atoms with Gasteiger partial charge in [0.1, 0.15) is 11.6 Å². The second kappa shape index (κ2) is 11.1. The maximum absolute atomic E-state index is 13.6. The summed E-state index contributed by atoms with van der Waals surface area (Å²) in [6.45, 7) is 4.18. The summed E-state index contributed by atoms with van der Waals surface area (Å²) >= 11 is 0. The second-order valence-corrected chi connectivity index (χ2v) is 7.04. The molecule has 2 aliphatic heterocycles. The molecule has 2 saturated heterocycles. The molecule has 2 atom stereocenters. The van der Waals surface area contributed by atoms with Gasteiger partial charge in [-0.05, 0) is 44.0 Å². The lowest BCUT2D eigenvalue weighted by Gasteiger charge is -2.47. The number of halogens is 3. The van der Waals surface area contributed by atoms with Crippen LogP contribution in [0.3, 0.4) is 0 Å². The topological polar surface area (TPSA) is 44.8 Å². The number of ether oxygens (including phenoxy) is 1. The monoisotopic (exact) mass is 421 g/mol. The summed E-state index contributed by atoms with van der Waals surface area (Å²) in [5.74, 6) is 1.30. The van der Waals surface area contributed by atoms with E-state index in [1.807, 2.05) is 7.05 Å². The summed E-state index contributed by atoms with van der Waals surface area (Å²) in [5.41, 5.74) is 0.889. The summed E-state index contributed by atoms with van der Waals surface area (Å²) < 4.78 is 19.0. The van der Waals surface area contributed by atoms with Crippen molar-refractivity contribution in [2.45, 2.75) is 31.8 Å². The molecule has 0 radical (unpaired) electrons. The van der Waals surface area contributed by atoms with E-state index in [0.29, 0.717) is 24.9 Å². The number of carbonyl (C=O) groups is 1. The molecule has 5 nitrogen and oxygen atoms in total. The fourth-order valence-corrected chi connectivity index (χ4v) is 4.20. The van der Waals surface area contributed by atoms with Gasteiger partial charge in [-0.15, -0.1) is 24.8 Å². The molecule has 8 heteroatoms. The molecule has 2 fully saturated rings. The molecule has 0 bridgehead atoms. The molecule has 1 aromatic carbocycles. The molecular formula is C19H30Cl2FN3O2. The lowest BCUT2D eigenvalue weighted by Crippen LogP contribution is -2.56. The van der Waals surface area contributed by atoms with Crippen LogP contribution in [0.4, 0.5) is 4.39 Å². The fraction of sp³-hybridized carbons (Fsp3) is 0.632. The van der Waals surface area contributed by atoms with Crippen molar-refractivity contribution in [3.63, 3.8) is 0 Å². The van der Waals surface area contributed by atoms with Gasteiger partial charge in [-0.1, -0.05) is 0 Å². The van der Waals surface area contributed by atoms with Gasteiger partial charge in [0, 0.05) is 50.7 Å². The molecule has 154 valence electrons. The van der Waals surface area contributed by atoms with Crippen LogP contribution >= 0.6 is 24.8 Å². The lowest BCUT2D eigenvalue weighted by atomic mass is 9.83. The molecule has 1 N–H and O–H groups in total. The van der Waals surface area contributed by atoms with Crippen molar-refractivity contribution >= 4 is 30.7 Å². The number of fused-ring (bicyclic) bond motifs is 1. The SMILES string of the molecule is CNCCN1C(=O)CC[C@H]2CN(Cc3cc(F)ccc3OC)CC[C@H]21.Cl.Cl. The van der Waals surface area contributed by atoms with Crippen LogP contribution in [0.1, 0.15) is 24.8 Å². The number of nitrogens with one attached hydrogen (secondary N) is 1. The van der Waals surface area contributed by atoms with Gasteiger partial charge in [0.05, 0.1) is 7.11 Å². The van der Waals surface area contributed by atoms with Gasteiger partial charge in [-0.2, -0.15) is 0 Å². The highest BCUT2D eigenvalue weighted by Crippen LogP contribution is 2.32. The Morgan fingerprint density at radius 2 is 2.07 bits per heavy atom. The number of benzene rings is 1. The van der Waals surface area contributed by atoms with Crippen LogP contribution in [0.15, 0.2) is 18.2 Å². The third kappa shape index (κ3) is 5.70. The van der Waals surface area contributed by atoms with Crippen molar-refractivity contribution in [1.82, 2.24) is 15.1 Å². The van der Waals surface area contributed by atoms with E-state index in [1.165, 1.54) is 6.07 Å². The summed E-state index contributed by atoms with van der Waals surface area (Å²) in [6, 6.07) is 5.03. The van der Waals surface area contributed by atoms with E-state index in [-0.39, 0.29) is 36.5 Å². The van der Waals surface area contributed by atoms with E-state index in [9.17, 15) is 9.18 Å². The molecule has 1 aromatic rings. The van der Waals surface area contributed by atoms with Gasteiger partial charge in [0.15, 0.2) is 0 Å². The number of hydrogen-bond donors (Lipinski definition) is 1. The van der Waals surface area contributed by atoms with Crippen LogP contribution in [-0.2, 0) is 11.3 Å². The predicted octanol–water partition coefficient (Wildman–Crippen LogP) is 2.71. The molecule has 3 rings (SSSR count). The highest BCUT2D eigenvalue weighted by atomic mass is 35.5. The highest BCUT2D eigenvalue weighted by Gasteiger charge is 2.38. The predicted molar refractivity (Wildman–Crippen MR) is 109 cm³/mol. The molecule has 0 unspecified atom stereocenters. The quantitative estimate of drug-likeness (QED) is 0.766. The van der Waals surface area contributed by atoms with Crippen LogP contribution in [-0.4, -0.2) is 62.1 Å². The number of carbonyl (C=O) groups excluding carboxylic acids is 1. The Morgan fingerprint density at radius 3 is 2.78 bits per heavy atom. The zero-order chi connectivity index (χ0) is 17.8. The number of hydrogen-bond acceptors (Lipinski definition) is 4. The number of piperidine rings is 2. The number of likely N-dealkylation sites (N-methyl/N-ethyl adjacent to an activating group) is 1. The van der Waals surface area contributed by atoms with Crippen molar-refractivity contribution < 1.29 is 13.9 Å². The normalized spacial score (nSPS) is 22.5. The first-order valence-corrected chi connectivity index (χ1v) is 9.11. The van der Waals surface area contributed by atoms with Crippen LogP contribution in [0, 0.1) is 11.7 Å². The first kappa shape index (κ1) is 24.0. The molecule has 0 spiro atoms.